The van der Waals surface area contributed by atoms with E-state index in [0.717, 1.165) is 44.3 Å². The number of benzene rings is 1. The van der Waals surface area contributed by atoms with Crippen LogP contribution in [0.5, 0.6) is 5.75 Å². The molecule has 1 aliphatic carbocycles. The molecule has 0 spiro atoms. The summed E-state index contributed by atoms with van der Waals surface area (Å²) < 4.78 is 5.17. The molecule has 0 radical (unpaired) electrons. The van der Waals surface area contributed by atoms with Crippen LogP contribution in [0.15, 0.2) is 24.3 Å². The van der Waals surface area contributed by atoms with E-state index in [9.17, 15) is 5.11 Å². The van der Waals surface area contributed by atoms with E-state index in [1.807, 2.05) is 12.1 Å². The van der Waals surface area contributed by atoms with Crippen molar-refractivity contribution in [2.24, 2.45) is 0 Å². The molecule has 2 N–H and O–H groups in total. The van der Waals surface area contributed by atoms with E-state index in [-0.39, 0.29) is 6.10 Å². The minimum absolute atomic E-state index is 0.0670. The second-order valence-electron chi connectivity index (χ2n) is 5.96. The number of aliphatic hydroxyl groups excluding tert-OH is 1. The molecule has 1 aliphatic rings. The van der Waals surface area contributed by atoms with Gasteiger partial charge >= 0.3 is 0 Å². The zero-order chi connectivity index (χ0) is 14.4. The Hall–Kier alpha value is -1.06. The molecule has 3 nitrogen and oxygen atoms in total. The van der Waals surface area contributed by atoms with Gasteiger partial charge in [0, 0.05) is 12.1 Å². The number of ether oxygens (including phenoxy) is 1. The summed E-state index contributed by atoms with van der Waals surface area (Å²) in [5, 5.41) is 13.2. The van der Waals surface area contributed by atoms with Gasteiger partial charge in [-0.3, -0.25) is 0 Å². The largest absolute Gasteiger partial charge is 0.497 e. The molecule has 1 aromatic carbocycles. The molecule has 1 atom stereocenters. The van der Waals surface area contributed by atoms with Gasteiger partial charge in [-0.25, -0.2) is 0 Å². The van der Waals surface area contributed by atoms with Crippen molar-refractivity contribution in [2.45, 2.75) is 63.6 Å². The fourth-order valence-electron chi connectivity index (χ4n) is 2.90. The monoisotopic (exact) mass is 277 g/mol. The van der Waals surface area contributed by atoms with E-state index in [4.69, 9.17) is 4.74 Å². The number of aliphatic hydroxyl groups is 1. The van der Waals surface area contributed by atoms with Crippen molar-refractivity contribution in [1.82, 2.24) is 5.32 Å². The van der Waals surface area contributed by atoms with Crippen molar-refractivity contribution >= 4 is 0 Å². The number of methoxy groups -OCH3 is 1. The number of hydrogen-bond acceptors (Lipinski definition) is 3. The van der Waals surface area contributed by atoms with Gasteiger partial charge in [-0.2, -0.15) is 0 Å². The first-order valence-corrected chi connectivity index (χ1v) is 7.74. The van der Waals surface area contributed by atoms with Crippen molar-refractivity contribution < 1.29 is 9.84 Å². The quantitative estimate of drug-likeness (QED) is 0.840. The molecule has 20 heavy (non-hydrogen) atoms. The van der Waals surface area contributed by atoms with Crippen LogP contribution >= 0.6 is 0 Å². The highest BCUT2D eigenvalue weighted by molar-refractivity contribution is 5.27. The third kappa shape index (κ3) is 4.80. The van der Waals surface area contributed by atoms with Crippen LogP contribution in [0.1, 0.15) is 44.6 Å². The van der Waals surface area contributed by atoms with Crippen LogP contribution in [-0.4, -0.2) is 30.4 Å². The summed E-state index contributed by atoms with van der Waals surface area (Å²) in [4.78, 5) is 0. The lowest BCUT2D eigenvalue weighted by Gasteiger charge is -2.29. The van der Waals surface area contributed by atoms with E-state index in [1.165, 1.54) is 5.56 Å². The highest BCUT2D eigenvalue weighted by Gasteiger charge is 2.20. The minimum atomic E-state index is -0.0670. The smallest absolute Gasteiger partial charge is 0.118 e. The first-order chi connectivity index (χ1) is 9.67. The Morgan fingerprint density at radius 2 is 1.85 bits per heavy atom. The molecule has 0 aromatic heterocycles. The zero-order valence-corrected chi connectivity index (χ0v) is 12.6. The molecule has 0 amide bonds. The second-order valence-corrected chi connectivity index (χ2v) is 5.96. The molecule has 1 aromatic rings. The predicted molar refractivity (Wildman–Crippen MR) is 82.2 cm³/mol. The fraction of sp³-hybridized carbons (Fsp3) is 0.647. The van der Waals surface area contributed by atoms with Gasteiger partial charge in [0.1, 0.15) is 5.75 Å². The normalized spacial score (nSPS) is 24.4. The van der Waals surface area contributed by atoms with Crippen LogP contribution in [0, 0.1) is 0 Å². The zero-order valence-electron chi connectivity index (χ0n) is 12.6. The predicted octanol–water partition coefficient (Wildman–Crippen LogP) is 2.91. The molecule has 0 heterocycles. The Morgan fingerprint density at radius 1 is 1.20 bits per heavy atom. The summed E-state index contributed by atoms with van der Waals surface area (Å²) in [7, 11) is 1.70. The summed E-state index contributed by atoms with van der Waals surface area (Å²) in [6.07, 6.45) is 6.27. The molecule has 2 rings (SSSR count). The van der Waals surface area contributed by atoms with Crippen LogP contribution in [0.3, 0.4) is 0 Å². The molecule has 0 bridgehead atoms. The molecule has 1 saturated carbocycles. The van der Waals surface area contributed by atoms with E-state index < -0.39 is 0 Å². The first kappa shape index (κ1) is 15.3. The average molecular weight is 277 g/mol. The Balaban J connectivity index is 1.70. The van der Waals surface area contributed by atoms with Gasteiger partial charge in [0.15, 0.2) is 0 Å². The maximum absolute atomic E-state index is 9.52. The average Bonchev–Trinajstić information content (AvgIpc) is 2.48. The fourth-order valence-corrected chi connectivity index (χ4v) is 2.90. The molecule has 1 fully saturated rings. The van der Waals surface area contributed by atoms with Gasteiger partial charge in [0.25, 0.3) is 0 Å². The maximum atomic E-state index is 9.52. The summed E-state index contributed by atoms with van der Waals surface area (Å²) >= 11 is 0. The molecule has 112 valence electrons. The van der Waals surface area contributed by atoms with Crippen molar-refractivity contribution in [3.63, 3.8) is 0 Å². The summed E-state index contributed by atoms with van der Waals surface area (Å²) in [6, 6.07) is 9.44. The van der Waals surface area contributed by atoms with Gasteiger partial charge in [-0.1, -0.05) is 12.1 Å². The van der Waals surface area contributed by atoms with Crippen LogP contribution in [0.4, 0.5) is 0 Å². The number of aryl methyl sites for hydroxylation is 1. The van der Waals surface area contributed by atoms with Crippen LogP contribution in [0.25, 0.3) is 0 Å². The SMILES string of the molecule is COc1ccc(CC[C@@H](C)NC2CCC(O)CC2)cc1. The third-order valence-electron chi connectivity index (χ3n) is 4.24. The standard InChI is InChI=1S/C17H27NO2/c1-13(18-15-7-9-16(19)10-8-15)3-4-14-5-11-17(20-2)12-6-14/h5-6,11-13,15-16,18-19H,3-4,7-10H2,1-2H3/t13-,15?,16?/m1/s1. The van der Waals surface area contributed by atoms with Gasteiger partial charge in [0.2, 0.25) is 0 Å². The highest BCUT2D eigenvalue weighted by Crippen LogP contribution is 2.19. The summed E-state index contributed by atoms with van der Waals surface area (Å²) in [6.45, 7) is 2.26. The lowest BCUT2D eigenvalue weighted by atomic mass is 9.92. The summed E-state index contributed by atoms with van der Waals surface area (Å²) in [5.41, 5.74) is 1.36. The third-order valence-corrected chi connectivity index (χ3v) is 4.24. The molecule has 0 unspecified atom stereocenters. The van der Waals surface area contributed by atoms with Crippen LogP contribution < -0.4 is 10.1 Å². The molecule has 3 heteroatoms. The van der Waals surface area contributed by atoms with Gasteiger partial charge in [-0.15, -0.1) is 0 Å². The van der Waals surface area contributed by atoms with Crippen molar-refractivity contribution in [1.29, 1.82) is 0 Å². The molecule has 0 saturated heterocycles. The molecular formula is C17H27NO2. The molecule has 0 aliphatic heterocycles. The van der Waals surface area contributed by atoms with E-state index in [1.54, 1.807) is 7.11 Å². The Kier molecular flexibility index (Phi) is 5.86. The minimum Gasteiger partial charge on any atom is -0.497 e. The van der Waals surface area contributed by atoms with Gasteiger partial charge in [0.05, 0.1) is 13.2 Å². The topological polar surface area (TPSA) is 41.5 Å². The Bertz CT molecular complexity index is 382. The Morgan fingerprint density at radius 3 is 2.45 bits per heavy atom. The Labute approximate surface area is 122 Å². The second kappa shape index (κ2) is 7.65. The van der Waals surface area contributed by atoms with Crippen LogP contribution in [0.2, 0.25) is 0 Å². The van der Waals surface area contributed by atoms with E-state index in [0.29, 0.717) is 12.1 Å². The van der Waals surface area contributed by atoms with Gasteiger partial charge < -0.3 is 15.2 Å². The number of rotatable bonds is 6. The summed E-state index contributed by atoms with van der Waals surface area (Å²) in [5.74, 6) is 0.917. The van der Waals surface area contributed by atoms with Crippen molar-refractivity contribution in [3.05, 3.63) is 29.8 Å². The number of nitrogens with one attached hydrogen (secondary N) is 1. The molecular weight excluding hydrogens is 250 g/mol. The maximum Gasteiger partial charge on any atom is 0.118 e. The van der Waals surface area contributed by atoms with Gasteiger partial charge in [-0.05, 0) is 63.1 Å². The van der Waals surface area contributed by atoms with Crippen molar-refractivity contribution in [3.8, 4) is 5.75 Å². The first-order valence-electron chi connectivity index (χ1n) is 7.74. The highest BCUT2D eigenvalue weighted by atomic mass is 16.5. The lowest BCUT2D eigenvalue weighted by Crippen LogP contribution is -2.40. The van der Waals surface area contributed by atoms with E-state index >= 15 is 0 Å². The number of hydrogen-bond donors (Lipinski definition) is 2. The van der Waals surface area contributed by atoms with Crippen molar-refractivity contribution in [2.75, 3.05) is 7.11 Å². The lowest BCUT2D eigenvalue weighted by molar-refractivity contribution is 0.114. The van der Waals surface area contributed by atoms with E-state index in [2.05, 4.69) is 24.4 Å². The van der Waals surface area contributed by atoms with Crippen LogP contribution in [-0.2, 0) is 6.42 Å².